The number of phenols is 1. The van der Waals surface area contributed by atoms with Crippen molar-refractivity contribution in [3.63, 3.8) is 0 Å². The monoisotopic (exact) mass is 258 g/mol. The lowest BCUT2D eigenvalue weighted by atomic mass is 9.91. The molecule has 0 saturated heterocycles. The lowest BCUT2D eigenvalue weighted by molar-refractivity contribution is -0.141. The number of hydrogen-bond donors (Lipinski definition) is 4. The summed E-state index contributed by atoms with van der Waals surface area (Å²) in [6, 6.07) is 4.84. The molecule has 0 fully saturated rings. The average Bonchev–Trinajstić information content (AvgIpc) is 2.72. The van der Waals surface area contributed by atoms with Crippen molar-refractivity contribution in [1.82, 2.24) is 4.98 Å². The van der Waals surface area contributed by atoms with Gasteiger partial charge in [-0.05, 0) is 29.8 Å². The van der Waals surface area contributed by atoms with Crippen molar-refractivity contribution >= 4 is 16.9 Å². The van der Waals surface area contributed by atoms with Gasteiger partial charge in [-0.2, -0.15) is 0 Å². The van der Waals surface area contributed by atoms with Gasteiger partial charge >= 0.3 is 5.97 Å². The fraction of sp³-hybridized carbons (Fsp3) is 0.143. The highest BCUT2D eigenvalue weighted by atomic mass is 16.4. The van der Waals surface area contributed by atoms with E-state index in [-0.39, 0.29) is 12.2 Å². The maximum Gasteiger partial charge on any atom is 0.328 e. The van der Waals surface area contributed by atoms with Crippen LogP contribution in [-0.4, -0.2) is 26.7 Å². The Balaban J connectivity index is 2.48. The summed E-state index contributed by atoms with van der Waals surface area (Å²) in [4.78, 5) is 14.3. The highest BCUT2D eigenvalue weighted by Crippen LogP contribution is 2.25. The van der Waals surface area contributed by atoms with Crippen LogP contribution in [0.5, 0.6) is 5.75 Å². The SMILES string of the molecule is C=C=CC(N)(Cc1c[nH]c2ccc(O)cc12)C(=O)O. The molecule has 1 atom stereocenters. The number of hydrogen-bond acceptors (Lipinski definition) is 3. The predicted molar refractivity (Wildman–Crippen MR) is 71.9 cm³/mol. The van der Waals surface area contributed by atoms with Gasteiger partial charge in [0, 0.05) is 23.5 Å². The molecule has 1 aromatic carbocycles. The van der Waals surface area contributed by atoms with E-state index < -0.39 is 11.5 Å². The van der Waals surface area contributed by atoms with Crippen molar-refractivity contribution in [3.05, 3.63) is 48.3 Å². The van der Waals surface area contributed by atoms with E-state index in [1.807, 2.05) is 0 Å². The molecule has 5 nitrogen and oxygen atoms in total. The maximum absolute atomic E-state index is 11.3. The van der Waals surface area contributed by atoms with E-state index in [1.165, 1.54) is 6.08 Å². The molecule has 0 amide bonds. The summed E-state index contributed by atoms with van der Waals surface area (Å²) in [5.41, 5.74) is 8.21. The Kier molecular flexibility index (Phi) is 3.17. The van der Waals surface area contributed by atoms with Gasteiger partial charge in [-0.15, -0.1) is 5.73 Å². The number of carboxylic acid groups (broad SMARTS) is 1. The standard InChI is InChI=1S/C14H14N2O3/c1-2-5-14(15,13(18)19)7-9-8-16-12-4-3-10(17)6-11(9)12/h3-6,8,16-17H,1,7,15H2,(H,18,19). The van der Waals surface area contributed by atoms with Crippen LogP contribution in [0.25, 0.3) is 10.9 Å². The third-order valence-corrected chi connectivity index (χ3v) is 2.99. The molecule has 0 saturated carbocycles. The second-order valence-corrected chi connectivity index (χ2v) is 4.41. The highest BCUT2D eigenvalue weighted by Gasteiger charge is 2.32. The number of phenolic OH excluding ortho intramolecular Hbond substituents is 1. The maximum atomic E-state index is 11.3. The summed E-state index contributed by atoms with van der Waals surface area (Å²) in [5.74, 6) is -1.04. The lowest BCUT2D eigenvalue weighted by Gasteiger charge is -2.19. The summed E-state index contributed by atoms with van der Waals surface area (Å²) < 4.78 is 0. The number of aromatic amines is 1. The predicted octanol–water partition coefficient (Wildman–Crippen LogP) is 1.54. The molecule has 1 aromatic heterocycles. The molecule has 98 valence electrons. The molecule has 0 bridgehead atoms. The molecule has 5 heteroatoms. The summed E-state index contributed by atoms with van der Waals surface area (Å²) in [7, 11) is 0. The number of H-pyrrole nitrogens is 1. The molecule has 0 aliphatic rings. The molecule has 19 heavy (non-hydrogen) atoms. The van der Waals surface area contributed by atoms with Crippen LogP contribution in [0.1, 0.15) is 5.56 Å². The van der Waals surface area contributed by atoms with Gasteiger partial charge in [0.2, 0.25) is 0 Å². The summed E-state index contributed by atoms with van der Waals surface area (Å²) in [6.07, 6.45) is 3.00. The third kappa shape index (κ3) is 2.38. The molecule has 2 rings (SSSR count). The molecule has 0 aliphatic carbocycles. The van der Waals surface area contributed by atoms with Crippen LogP contribution in [0.15, 0.2) is 42.8 Å². The van der Waals surface area contributed by atoms with E-state index in [2.05, 4.69) is 17.3 Å². The summed E-state index contributed by atoms with van der Waals surface area (Å²) >= 11 is 0. The van der Waals surface area contributed by atoms with E-state index in [0.29, 0.717) is 5.56 Å². The van der Waals surface area contributed by atoms with Gasteiger partial charge in [0.15, 0.2) is 0 Å². The highest BCUT2D eigenvalue weighted by molar-refractivity contribution is 5.87. The van der Waals surface area contributed by atoms with Gasteiger partial charge in [-0.3, -0.25) is 0 Å². The first-order valence-electron chi connectivity index (χ1n) is 5.64. The minimum Gasteiger partial charge on any atom is -0.508 e. The molecule has 0 radical (unpaired) electrons. The lowest BCUT2D eigenvalue weighted by Crippen LogP contribution is -2.47. The van der Waals surface area contributed by atoms with Crippen LogP contribution in [0.2, 0.25) is 0 Å². The van der Waals surface area contributed by atoms with Crippen molar-refractivity contribution in [2.45, 2.75) is 12.0 Å². The molecule has 0 aliphatic heterocycles. The Morgan fingerprint density at radius 3 is 2.95 bits per heavy atom. The van der Waals surface area contributed by atoms with E-state index in [0.717, 1.165) is 10.9 Å². The largest absolute Gasteiger partial charge is 0.508 e. The fourth-order valence-electron chi connectivity index (χ4n) is 2.00. The Hall–Kier alpha value is -2.49. The number of rotatable bonds is 4. The van der Waals surface area contributed by atoms with Crippen LogP contribution in [0, 0.1) is 0 Å². The quantitative estimate of drug-likeness (QED) is 0.625. The molecule has 5 N–H and O–H groups in total. The van der Waals surface area contributed by atoms with E-state index in [1.54, 1.807) is 24.4 Å². The van der Waals surface area contributed by atoms with Gasteiger partial charge < -0.3 is 20.9 Å². The number of aliphatic carboxylic acids is 1. The van der Waals surface area contributed by atoms with Gasteiger partial charge in [0.05, 0.1) is 0 Å². The van der Waals surface area contributed by atoms with Crippen molar-refractivity contribution in [3.8, 4) is 5.75 Å². The van der Waals surface area contributed by atoms with Crippen molar-refractivity contribution in [1.29, 1.82) is 0 Å². The zero-order valence-electron chi connectivity index (χ0n) is 10.2. The number of aromatic hydroxyl groups is 1. The minimum atomic E-state index is -1.57. The van der Waals surface area contributed by atoms with E-state index in [9.17, 15) is 15.0 Å². The van der Waals surface area contributed by atoms with Crippen LogP contribution in [-0.2, 0) is 11.2 Å². The number of benzene rings is 1. The van der Waals surface area contributed by atoms with Crippen LogP contribution in [0.3, 0.4) is 0 Å². The third-order valence-electron chi connectivity index (χ3n) is 2.99. The van der Waals surface area contributed by atoms with Crippen LogP contribution >= 0.6 is 0 Å². The molecule has 1 heterocycles. The number of carbonyl (C=O) groups is 1. The van der Waals surface area contributed by atoms with Crippen molar-refractivity contribution in [2.24, 2.45) is 5.73 Å². The Bertz CT molecular complexity index is 679. The van der Waals surface area contributed by atoms with E-state index >= 15 is 0 Å². The van der Waals surface area contributed by atoms with Crippen LogP contribution in [0.4, 0.5) is 0 Å². The first kappa shape index (κ1) is 13.0. The average molecular weight is 258 g/mol. The van der Waals surface area contributed by atoms with Gasteiger partial charge in [0.1, 0.15) is 11.3 Å². The Morgan fingerprint density at radius 1 is 1.58 bits per heavy atom. The Labute approximate surface area is 109 Å². The number of nitrogens with one attached hydrogen (secondary N) is 1. The topological polar surface area (TPSA) is 99.3 Å². The van der Waals surface area contributed by atoms with Gasteiger partial charge in [0.25, 0.3) is 0 Å². The number of nitrogens with two attached hydrogens (primary N) is 1. The molecular weight excluding hydrogens is 244 g/mol. The number of carboxylic acids is 1. The molecule has 0 spiro atoms. The second kappa shape index (κ2) is 4.65. The number of aromatic nitrogens is 1. The zero-order valence-corrected chi connectivity index (χ0v) is 10.2. The van der Waals surface area contributed by atoms with E-state index in [4.69, 9.17) is 5.73 Å². The first-order chi connectivity index (χ1) is 8.96. The summed E-state index contributed by atoms with van der Waals surface area (Å²) in [5, 5.41) is 19.4. The van der Waals surface area contributed by atoms with Crippen molar-refractivity contribution in [2.75, 3.05) is 0 Å². The summed E-state index contributed by atoms with van der Waals surface area (Å²) in [6.45, 7) is 3.36. The molecule has 1 unspecified atom stereocenters. The second-order valence-electron chi connectivity index (χ2n) is 4.41. The first-order valence-corrected chi connectivity index (χ1v) is 5.64. The fourth-order valence-corrected chi connectivity index (χ4v) is 2.00. The number of fused-ring (bicyclic) bond motifs is 1. The zero-order chi connectivity index (χ0) is 14.0. The molecular formula is C14H14N2O3. The van der Waals surface area contributed by atoms with Crippen LogP contribution < -0.4 is 5.73 Å². The smallest absolute Gasteiger partial charge is 0.328 e. The normalized spacial score (nSPS) is 13.7. The van der Waals surface area contributed by atoms with Gasteiger partial charge in [-0.25, -0.2) is 4.79 Å². The van der Waals surface area contributed by atoms with Crippen molar-refractivity contribution < 1.29 is 15.0 Å². The van der Waals surface area contributed by atoms with Gasteiger partial charge in [-0.1, -0.05) is 6.58 Å². The minimum absolute atomic E-state index is 0.0777. The Morgan fingerprint density at radius 2 is 2.32 bits per heavy atom. The molecule has 2 aromatic rings.